The molecule has 12 rings (SSSR count). The van der Waals surface area contributed by atoms with Gasteiger partial charge in [0, 0.05) is 65.4 Å². The zero-order valence-corrected chi connectivity index (χ0v) is 74.8. The Morgan fingerprint density at radius 3 is 0.710 bits per heavy atom. The van der Waals surface area contributed by atoms with Crippen LogP contribution in [0.4, 0.5) is 0 Å². The molecule has 12 aromatic rings. The molecule has 0 spiro atoms. The Hall–Kier alpha value is -6.37. The molecular weight excluding hydrogens is 1350 g/mol. The standard InChI is InChI=1S/2C14H12.3C12H12.2C8H10.9C2H6.2Y/c1-11-3-7-13(8-4-11)14-9-5-12(2)6-10-14;1-11-6-8-13(9-7-11)14-5-3-4-12(2)10-14;1-9-3-5-12-8-10(2)4-6-11(12)7-9;1-9-5-3-8-12-10(2)6-4-7-11(9)12;1-9-7-8-10(2)12-6-4-3-5-11(9)12;1-7-3-5-8(2)6-4-7;1-7-4-3-5-8(2)6-7;9*1-2;;/h3-7,9H,1-2H3;3-4,6-8,10H,1-2H3;3*3-8H,1-2H3;2*3-6H,1-2H3;9*1-2H3;;/q2*-2;;;;;;;;;;;;;;;;. The van der Waals surface area contributed by atoms with Crippen molar-refractivity contribution in [2.24, 2.45) is 0 Å². The number of hydrogen-bond donors (Lipinski definition) is 0. The van der Waals surface area contributed by atoms with Crippen molar-refractivity contribution in [1.29, 1.82) is 0 Å². The van der Waals surface area contributed by atoms with E-state index < -0.39 is 0 Å². The zero-order valence-electron chi connectivity index (χ0n) is 69.1. The summed E-state index contributed by atoms with van der Waals surface area (Å²) in [5, 5.41) is 8.16. The summed E-state index contributed by atoms with van der Waals surface area (Å²) in [6.07, 6.45) is 0. The number of benzene rings is 12. The SMILES string of the molecule is CC.CC.CC.CC.CC.CC.CC.CC.CC.Cc1c[c-]c(-c2[c-]cc(C)cc2)cc1.Cc1c[c-]c(-c2[c-]ccc(C)c2)cc1.Cc1ccc(C)c2ccccc12.Cc1ccc(C)cc1.Cc1ccc2cc(C)ccc2c1.Cc1cccc(C)c1.Cc1cccc2c(C)cccc12.[Y].[Y]. The van der Waals surface area contributed by atoms with E-state index in [1.54, 1.807) is 0 Å². The van der Waals surface area contributed by atoms with Crippen molar-refractivity contribution in [1.82, 2.24) is 0 Å². The molecule has 536 valence electrons. The third-order valence-corrected chi connectivity index (χ3v) is 13.7. The van der Waals surface area contributed by atoms with Crippen molar-refractivity contribution in [2.75, 3.05) is 0 Å². The first-order chi connectivity index (χ1) is 47.4. The van der Waals surface area contributed by atoms with Gasteiger partial charge in [-0.2, -0.15) is 91.0 Å². The van der Waals surface area contributed by atoms with Crippen LogP contribution in [0.1, 0.15) is 203 Å². The fourth-order valence-electron chi connectivity index (χ4n) is 8.90. The number of rotatable bonds is 2. The van der Waals surface area contributed by atoms with Crippen LogP contribution in [-0.2, 0) is 65.4 Å². The first-order valence-corrected chi connectivity index (χ1v) is 36.8. The topological polar surface area (TPSA) is 0 Å². The predicted molar refractivity (Wildman–Crippen MR) is 452 cm³/mol. The first-order valence-electron chi connectivity index (χ1n) is 36.8. The van der Waals surface area contributed by atoms with Crippen LogP contribution in [-0.4, -0.2) is 0 Å². The molecule has 0 N–H and O–H groups in total. The average Bonchev–Trinajstić information content (AvgIpc) is 0.828. The average molecular weight is 1490 g/mol. The Labute approximate surface area is 667 Å². The molecule has 0 saturated carbocycles. The fraction of sp³-hybridized carbons (Fsp3) is 0.327. The maximum absolute atomic E-state index is 3.25. The molecule has 2 radical (unpaired) electrons. The number of fused-ring (bicyclic) bond motifs is 3. The largest absolute Gasteiger partial charge is 0.226 e. The fourth-order valence-corrected chi connectivity index (χ4v) is 8.90. The van der Waals surface area contributed by atoms with E-state index in [1.165, 1.54) is 110 Å². The maximum atomic E-state index is 3.25. The zero-order chi connectivity index (χ0) is 75.6. The first kappa shape index (κ1) is 105. The van der Waals surface area contributed by atoms with E-state index in [4.69, 9.17) is 0 Å². The van der Waals surface area contributed by atoms with Gasteiger partial charge in [0.05, 0.1) is 0 Å². The second-order valence-electron chi connectivity index (χ2n) is 21.3. The van der Waals surface area contributed by atoms with Crippen LogP contribution < -0.4 is 0 Å². The van der Waals surface area contributed by atoms with Crippen LogP contribution in [0.3, 0.4) is 0 Å². The third kappa shape index (κ3) is 43.4. The van der Waals surface area contributed by atoms with Crippen LogP contribution in [0.25, 0.3) is 54.6 Å². The molecule has 0 atom stereocenters. The van der Waals surface area contributed by atoms with E-state index in [1.807, 2.05) is 149 Å². The summed E-state index contributed by atoms with van der Waals surface area (Å²) >= 11 is 0. The quantitative estimate of drug-likeness (QED) is 0.151. The molecule has 0 amide bonds. The second kappa shape index (κ2) is 67.1. The Morgan fingerprint density at radius 2 is 0.430 bits per heavy atom. The van der Waals surface area contributed by atoms with E-state index in [0.29, 0.717) is 0 Å². The summed E-state index contributed by atoms with van der Waals surface area (Å²) in [7, 11) is 0. The summed E-state index contributed by atoms with van der Waals surface area (Å²) in [6, 6.07) is 93.5. The monoisotopic (exact) mass is 1490 g/mol. The van der Waals surface area contributed by atoms with Crippen LogP contribution in [0.2, 0.25) is 0 Å². The molecule has 0 heterocycles. The normalized spacial score (nSPS) is 8.64. The van der Waals surface area contributed by atoms with Gasteiger partial charge >= 0.3 is 0 Å². The molecule has 0 unspecified atom stereocenters. The molecule has 12 aromatic carbocycles. The van der Waals surface area contributed by atoms with Crippen molar-refractivity contribution in [2.45, 2.75) is 222 Å². The van der Waals surface area contributed by atoms with Gasteiger partial charge in [0.2, 0.25) is 0 Å². The van der Waals surface area contributed by atoms with Gasteiger partial charge in [-0.1, -0.05) is 343 Å². The van der Waals surface area contributed by atoms with Gasteiger partial charge < -0.3 is 0 Å². The van der Waals surface area contributed by atoms with Crippen LogP contribution in [0.5, 0.6) is 0 Å². The molecule has 100 heavy (non-hydrogen) atoms. The Kier molecular flexibility index (Phi) is 70.2. The molecule has 2 heteroatoms. The van der Waals surface area contributed by atoms with Gasteiger partial charge in [0.1, 0.15) is 0 Å². The van der Waals surface area contributed by atoms with Gasteiger partial charge in [0.25, 0.3) is 0 Å². The summed E-state index contributed by atoms with van der Waals surface area (Å²) in [5.41, 5.74) is 22.8. The van der Waals surface area contributed by atoms with Crippen molar-refractivity contribution in [3.05, 3.63) is 333 Å². The number of hydrogen-bond acceptors (Lipinski definition) is 0. The van der Waals surface area contributed by atoms with Gasteiger partial charge in [-0.15, -0.1) is 28.3 Å². The van der Waals surface area contributed by atoms with Crippen LogP contribution in [0.15, 0.2) is 231 Å². The van der Waals surface area contributed by atoms with Crippen LogP contribution >= 0.6 is 0 Å². The van der Waals surface area contributed by atoms with Crippen molar-refractivity contribution >= 4 is 32.3 Å². The summed E-state index contributed by atoms with van der Waals surface area (Å²) < 4.78 is 0. The Balaban J connectivity index is -0.000000249. The van der Waals surface area contributed by atoms with E-state index in [9.17, 15) is 0 Å². The molecule has 0 saturated heterocycles. The summed E-state index contributed by atoms with van der Waals surface area (Å²) in [5.74, 6) is 0. The Morgan fingerprint density at radius 1 is 0.180 bits per heavy atom. The molecule has 0 aromatic heterocycles. The molecule has 0 bridgehead atoms. The predicted octanol–water partition coefficient (Wildman–Crippen LogP) is 31.3. The van der Waals surface area contributed by atoms with E-state index in [-0.39, 0.29) is 65.4 Å². The minimum atomic E-state index is 0. The number of aryl methyl sites for hydroxylation is 14. The van der Waals surface area contributed by atoms with Crippen LogP contribution in [0, 0.1) is 121 Å². The smallest absolute Gasteiger partial charge is 0 e. The van der Waals surface area contributed by atoms with Crippen molar-refractivity contribution in [3.63, 3.8) is 0 Å². The minimum Gasteiger partial charge on any atom is -0.226 e. The second-order valence-corrected chi connectivity index (χ2v) is 21.3. The third-order valence-electron chi connectivity index (χ3n) is 13.7. The molecule has 0 nitrogen and oxygen atoms in total. The van der Waals surface area contributed by atoms with E-state index >= 15 is 0 Å². The maximum Gasteiger partial charge on any atom is 0 e. The summed E-state index contributed by atoms with van der Waals surface area (Å²) in [4.78, 5) is 0. The molecule has 0 aliphatic rings. The van der Waals surface area contributed by atoms with Gasteiger partial charge in [0.15, 0.2) is 0 Å². The van der Waals surface area contributed by atoms with Gasteiger partial charge in [-0.3, -0.25) is 0 Å². The van der Waals surface area contributed by atoms with Crippen molar-refractivity contribution < 1.29 is 65.4 Å². The molecule has 0 aliphatic carbocycles. The van der Waals surface area contributed by atoms with Crippen molar-refractivity contribution in [3.8, 4) is 22.3 Å². The van der Waals surface area contributed by atoms with E-state index in [0.717, 1.165) is 22.3 Å². The van der Waals surface area contributed by atoms with Gasteiger partial charge in [-0.25, -0.2) is 22.3 Å². The molecular formula is C98H134Y2-4. The van der Waals surface area contributed by atoms with Gasteiger partial charge in [-0.05, 0) is 124 Å². The minimum absolute atomic E-state index is 0. The summed E-state index contributed by atoms with van der Waals surface area (Å²) in [6.45, 7) is 65.6. The Bertz CT molecular complexity index is 3590. The molecule has 0 fully saturated rings. The molecule has 0 aliphatic heterocycles. The van der Waals surface area contributed by atoms with E-state index in [2.05, 4.69) is 327 Å².